The Bertz CT molecular complexity index is 754. The standard InChI is InChI=1S/C16H15N3O3/c1-10-5-3-6-12(9-10)16(21)18-17-11(2)13-7-4-8-14(19-22)15(13)20/h3-9,20H,1-2H3,(H,18,21)/b17-11+. The van der Waals surface area contributed by atoms with Crippen molar-refractivity contribution in [2.45, 2.75) is 13.8 Å². The summed E-state index contributed by atoms with van der Waals surface area (Å²) >= 11 is 0. The maximum absolute atomic E-state index is 12.0. The van der Waals surface area contributed by atoms with Crippen LogP contribution >= 0.6 is 0 Å². The van der Waals surface area contributed by atoms with Crippen molar-refractivity contribution in [3.63, 3.8) is 0 Å². The largest absolute Gasteiger partial charge is 0.505 e. The number of carbonyl (C=O) groups is 1. The van der Waals surface area contributed by atoms with Crippen molar-refractivity contribution in [3.05, 3.63) is 64.1 Å². The van der Waals surface area contributed by atoms with Crippen LogP contribution in [0.2, 0.25) is 0 Å². The molecule has 0 aliphatic carbocycles. The average Bonchev–Trinajstić information content (AvgIpc) is 2.52. The Kier molecular flexibility index (Phi) is 4.63. The highest BCUT2D eigenvalue weighted by molar-refractivity contribution is 6.03. The van der Waals surface area contributed by atoms with Crippen molar-refractivity contribution in [1.29, 1.82) is 0 Å². The van der Waals surface area contributed by atoms with Crippen LogP contribution in [-0.4, -0.2) is 16.7 Å². The van der Waals surface area contributed by atoms with Crippen LogP contribution in [-0.2, 0) is 0 Å². The maximum Gasteiger partial charge on any atom is 0.271 e. The number of aromatic hydroxyl groups is 1. The van der Waals surface area contributed by atoms with Crippen LogP contribution in [0.4, 0.5) is 5.69 Å². The lowest BCUT2D eigenvalue weighted by Crippen LogP contribution is -2.19. The van der Waals surface area contributed by atoms with E-state index >= 15 is 0 Å². The minimum atomic E-state index is -0.354. The molecule has 0 spiro atoms. The predicted molar refractivity (Wildman–Crippen MR) is 84.4 cm³/mol. The van der Waals surface area contributed by atoms with Crippen LogP contribution in [0.1, 0.15) is 28.4 Å². The molecule has 0 aliphatic rings. The average molecular weight is 297 g/mol. The number of phenols is 1. The molecule has 2 aromatic carbocycles. The van der Waals surface area contributed by atoms with Gasteiger partial charge in [-0.25, -0.2) is 5.43 Å². The number of benzene rings is 2. The zero-order chi connectivity index (χ0) is 16.1. The van der Waals surface area contributed by atoms with E-state index in [1.165, 1.54) is 6.07 Å². The van der Waals surface area contributed by atoms with Crippen molar-refractivity contribution < 1.29 is 9.90 Å². The van der Waals surface area contributed by atoms with E-state index in [2.05, 4.69) is 15.7 Å². The molecule has 112 valence electrons. The van der Waals surface area contributed by atoms with Gasteiger partial charge in [-0.1, -0.05) is 23.8 Å². The summed E-state index contributed by atoms with van der Waals surface area (Å²) in [6.45, 7) is 3.50. The number of para-hydroxylation sites is 1. The molecular weight excluding hydrogens is 282 g/mol. The van der Waals surface area contributed by atoms with Gasteiger partial charge in [0.05, 0.1) is 5.71 Å². The molecule has 0 saturated heterocycles. The number of rotatable bonds is 4. The summed E-state index contributed by atoms with van der Waals surface area (Å²) in [6, 6.07) is 11.7. The minimum absolute atomic E-state index is 0.0722. The molecule has 0 unspecified atom stereocenters. The van der Waals surface area contributed by atoms with E-state index in [0.29, 0.717) is 16.8 Å². The van der Waals surface area contributed by atoms with Crippen LogP contribution in [0.5, 0.6) is 5.75 Å². The Morgan fingerprint density at radius 2 is 1.91 bits per heavy atom. The number of phenolic OH excluding ortho intramolecular Hbond substituents is 1. The number of amides is 1. The van der Waals surface area contributed by atoms with E-state index in [4.69, 9.17) is 0 Å². The number of nitrogens with one attached hydrogen (secondary N) is 1. The van der Waals surface area contributed by atoms with Crippen molar-refractivity contribution in [3.8, 4) is 5.75 Å². The first-order valence-electron chi connectivity index (χ1n) is 6.60. The van der Waals surface area contributed by atoms with Gasteiger partial charge in [0.1, 0.15) is 5.69 Å². The monoisotopic (exact) mass is 297 g/mol. The second kappa shape index (κ2) is 6.62. The minimum Gasteiger partial charge on any atom is -0.505 e. The number of hydrazone groups is 1. The fourth-order valence-corrected chi connectivity index (χ4v) is 1.94. The SMILES string of the molecule is C/C(=N\NC(=O)c1cccc(C)c1)c1cccc(N=O)c1O. The van der Waals surface area contributed by atoms with Gasteiger partial charge in [-0.05, 0) is 43.3 Å². The van der Waals surface area contributed by atoms with E-state index in [-0.39, 0.29) is 17.3 Å². The molecule has 0 atom stereocenters. The highest BCUT2D eigenvalue weighted by atomic mass is 16.3. The molecule has 0 bridgehead atoms. The van der Waals surface area contributed by atoms with Crippen LogP contribution in [0.25, 0.3) is 0 Å². The van der Waals surface area contributed by atoms with Crippen LogP contribution < -0.4 is 5.43 Å². The molecule has 6 heteroatoms. The number of nitrogens with zero attached hydrogens (tertiary/aromatic N) is 2. The molecule has 0 fully saturated rings. The van der Waals surface area contributed by atoms with Crippen molar-refractivity contribution in [2.24, 2.45) is 10.3 Å². The van der Waals surface area contributed by atoms with Gasteiger partial charge in [0.2, 0.25) is 0 Å². The second-order valence-corrected chi connectivity index (χ2v) is 4.77. The molecule has 0 heterocycles. The van der Waals surface area contributed by atoms with E-state index in [1.807, 2.05) is 13.0 Å². The maximum atomic E-state index is 12.0. The Morgan fingerprint density at radius 1 is 1.18 bits per heavy atom. The summed E-state index contributed by atoms with van der Waals surface area (Å²) in [4.78, 5) is 22.6. The summed E-state index contributed by atoms with van der Waals surface area (Å²) in [5.41, 5.74) is 4.50. The van der Waals surface area contributed by atoms with Crippen molar-refractivity contribution in [2.75, 3.05) is 0 Å². The van der Waals surface area contributed by atoms with Gasteiger partial charge in [-0.15, -0.1) is 4.91 Å². The van der Waals surface area contributed by atoms with E-state index in [1.54, 1.807) is 37.3 Å². The highest BCUT2D eigenvalue weighted by Gasteiger charge is 2.11. The first-order valence-corrected chi connectivity index (χ1v) is 6.60. The summed E-state index contributed by atoms with van der Waals surface area (Å²) in [7, 11) is 0. The summed E-state index contributed by atoms with van der Waals surface area (Å²) in [6.07, 6.45) is 0. The van der Waals surface area contributed by atoms with E-state index in [0.717, 1.165) is 5.56 Å². The molecule has 2 aromatic rings. The molecule has 22 heavy (non-hydrogen) atoms. The molecule has 0 saturated carbocycles. The van der Waals surface area contributed by atoms with Crippen molar-refractivity contribution in [1.82, 2.24) is 5.43 Å². The zero-order valence-corrected chi connectivity index (χ0v) is 12.2. The van der Waals surface area contributed by atoms with Crippen LogP contribution in [0.3, 0.4) is 0 Å². The first-order chi connectivity index (χ1) is 10.5. The van der Waals surface area contributed by atoms with Crippen LogP contribution in [0.15, 0.2) is 52.7 Å². The van der Waals surface area contributed by atoms with Gasteiger partial charge >= 0.3 is 0 Å². The Morgan fingerprint density at radius 3 is 2.59 bits per heavy atom. The second-order valence-electron chi connectivity index (χ2n) is 4.77. The zero-order valence-electron chi connectivity index (χ0n) is 12.2. The number of nitroso groups, excluding NO2 is 1. The Balaban J connectivity index is 2.20. The summed E-state index contributed by atoms with van der Waals surface area (Å²) in [5.74, 6) is -0.615. The lowest BCUT2D eigenvalue weighted by molar-refractivity contribution is 0.0954. The lowest BCUT2D eigenvalue weighted by atomic mass is 10.1. The predicted octanol–water partition coefficient (Wildman–Crippen LogP) is 3.25. The van der Waals surface area contributed by atoms with Gasteiger partial charge < -0.3 is 5.11 Å². The quantitative estimate of drug-likeness (QED) is 0.515. The van der Waals surface area contributed by atoms with Gasteiger partial charge in [0.25, 0.3) is 5.91 Å². The third-order valence-corrected chi connectivity index (χ3v) is 3.11. The molecule has 6 nitrogen and oxygen atoms in total. The van der Waals surface area contributed by atoms with Gasteiger partial charge in [0.15, 0.2) is 5.75 Å². The van der Waals surface area contributed by atoms with E-state index < -0.39 is 0 Å². The molecular formula is C16H15N3O3. The fourth-order valence-electron chi connectivity index (χ4n) is 1.94. The number of hydrogen-bond donors (Lipinski definition) is 2. The summed E-state index contributed by atoms with van der Waals surface area (Å²) < 4.78 is 0. The normalized spacial score (nSPS) is 11.1. The molecule has 1 amide bonds. The fraction of sp³-hybridized carbons (Fsp3) is 0.125. The Hall–Kier alpha value is -3.02. The van der Waals surface area contributed by atoms with E-state index in [9.17, 15) is 14.8 Å². The first kappa shape index (κ1) is 15.4. The number of aryl methyl sites for hydroxylation is 1. The number of hydrogen-bond acceptors (Lipinski definition) is 5. The van der Waals surface area contributed by atoms with Gasteiger partial charge in [-0.2, -0.15) is 5.10 Å². The third kappa shape index (κ3) is 3.35. The number of carbonyl (C=O) groups excluding carboxylic acids is 1. The molecule has 0 radical (unpaired) electrons. The van der Waals surface area contributed by atoms with Crippen molar-refractivity contribution >= 4 is 17.3 Å². The molecule has 2 N–H and O–H groups in total. The van der Waals surface area contributed by atoms with Gasteiger partial charge in [-0.3, -0.25) is 4.79 Å². The Labute approximate surface area is 127 Å². The lowest BCUT2D eigenvalue weighted by Gasteiger charge is -2.06. The van der Waals surface area contributed by atoms with Crippen LogP contribution in [0, 0.1) is 11.8 Å². The highest BCUT2D eigenvalue weighted by Crippen LogP contribution is 2.30. The topological polar surface area (TPSA) is 91.1 Å². The third-order valence-electron chi connectivity index (χ3n) is 3.11. The summed E-state index contributed by atoms with van der Waals surface area (Å²) in [5, 5.41) is 16.6. The molecule has 0 aliphatic heterocycles. The molecule has 2 rings (SSSR count). The smallest absolute Gasteiger partial charge is 0.271 e. The van der Waals surface area contributed by atoms with Gasteiger partial charge in [0, 0.05) is 11.1 Å². The molecule has 0 aromatic heterocycles.